The predicted molar refractivity (Wildman–Crippen MR) is 80.9 cm³/mol. The third-order valence-electron chi connectivity index (χ3n) is 4.65. The average molecular weight is 306 g/mol. The molecule has 0 saturated carbocycles. The lowest BCUT2D eigenvalue weighted by Crippen LogP contribution is -2.45. The molecule has 2 aliphatic heterocycles. The van der Waals surface area contributed by atoms with Crippen LogP contribution in [0.25, 0.3) is 0 Å². The van der Waals surface area contributed by atoms with Crippen LogP contribution in [0.3, 0.4) is 0 Å². The molecular formula is C16H23FN4O. The van der Waals surface area contributed by atoms with Crippen molar-refractivity contribution in [2.24, 2.45) is 5.92 Å². The molecule has 1 aromatic heterocycles. The van der Waals surface area contributed by atoms with Crippen molar-refractivity contribution in [1.29, 1.82) is 0 Å². The minimum absolute atomic E-state index is 0.0897. The number of carbonyl (C=O) groups is 1. The number of halogens is 1. The smallest absolute Gasteiger partial charge is 0.223 e. The Morgan fingerprint density at radius 3 is 2.73 bits per heavy atom. The first kappa shape index (κ1) is 15.3. The fourth-order valence-electron chi connectivity index (χ4n) is 3.47. The third kappa shape index (κ3) is 3.43. The largest absolute Gasteiger partial charge is 0.339 e. The van der Waals surface area contributed by atoms with Crippen LogP contribution in [-0.2, 0) is 11.3 Å². The molecule has 3 heterocycles. The van der Waals surface area contributed by atoms with Gasteiger partial charge in [0.05, 0.1) is 18.1 Å². The highest BCUT2D eigenvalue weighted by molar-refractivity contribution is 5.79. The van der Waals surface area contributed by atoms with Gasteiger partial charge in [-0.1, -0.05) is 0 Å². The number of nitrogens with zero attached hydrogens (tertiary/aromatic N) is 4. The van der Waals surface area contributed by atoms with E-state index >= 15 is 0 Å². The number of hydrogen-bond acceptors (Lipinski definition) is 4. The molecule has 1 amide bonds. The molecule has 0 radical (unpaired) electrons. The van der Waals surface area contributed by atoms with Gasteiger partial charge in [-0.15, -0.1) is 0 Å². The van der Waals surface area contributed by atoms with E-state index in [1.165, 1.54) is 0 Å². The Labute approximate surface area is 130 Å². The maximum absolute atomic E-state index is 12.7. The quantitative estimate of drug-likeness (QED) is 0.847. The number of alkyl halides is 1. The van der Waals surface area contributed by atoms with Crippen LogP contribution in [0.5, 0.6) is 0 Å². The second-order valence-corrected chi connectivity index (χ2v) is 6.43. The predicted octanol–water partition coefficient (Wildman–Crippen LogP) is 1.57. The van der Waals surface area contributed by atoms with Gasteiger partial charge in [-0.05, 0) is 19.8 Å². The van der Waals surface area contributed by atoms with E-state index in [2.05, 4.69) is 14.9 Å². The van der Waals surface area contributed by atoms with Crippen LogP contribution in [0.1, 0.15) is 30.7 Å². The van der Waals surface area contributed by atoms with E-state index in [9.17, 15) is 9.18 Å². The Balaban J connectivity index is 1.51. The molecule has 0 spiro atoms. The normalized spacial score (nSPS) is 24.2. The first-order valence-electron chi connectivity index (χ1n) is 8.01. The Hall–Kier alpha value is -1.56. The minimum Gasteiger partial charge on any atom is -0.339 e. The summed E-state index contributed by atoms with van der Waals surface area (Å²) in [7, 11) is 0. The highest BCUT2D eigenvalue weighted by atomic mass is 19.1. The molecule has 22 heavy (non-hydrogen) atoms. The van der Waals surface area contributed by atoms with Gasteiger partial charge in [0.15, 0.2) is 0 Å². The van der Waals surface area contributed by atoms with Crippen LogP contribution in [0.4, 0.5) is 4.39 Å². The zero-order chi connectivity index (χ0) is 15.5. The van der Waals surface area contributed by atoms with Crippen molar-refractivity contribution in [3.05, 3.63) is 23.8 Å². The van der Waals surface area contributed by atoms with Gasteiger partial charge < -0.3 is 4.90 Å². The average Bonchev–Trinajstić information content (AvgIpc) is 2.89. The van der Waals surface area contributed by atoms with Crippen molar-refractivity contribution < 1.29 is 9.18 Å². The molecular weight excluding hydrogens is 283 g/mol. The maximum atomic E-state index is 12.7. The summed E-state index contributed by atoms with van der Waals surface area (Å²) in [6.07, 6.45) is 5.88. The fraction of sp³-hybridized carbons (Fsp3) is 0.688. The molecule has 0 bridgehead atoms. The van der Waals surface area contributed by atoms with Crippen LogP contribution in [0.15, 0.2) is 12.4 Å². The van der Waals surface area contributed by atoms with Gasteiger partial charge in [-0.2, -0.15) is 0 Å². The molecule has 120 valence electrons. The van der Waals surface area contributed by atoms with Crippen LogP contribution in [0.2, 0.25) is 0 Å². The summed E-state index contributed by atoms with van der Waals surface area (Å²) in [4.78, 5) is 24.9. The SMILES string of the molecule is Cc1cncc(CN2CCC(N3CC(CF)CC3=O)CC2)n1. The zero-order valence-corrected chi connectivity index (χ0v) is 13.0. The van der Waals surface area contributed by atoms with Crippen LogP contribution in [-0.4, -0.2) is 58.0 Å². The molecule has 0 aliphatic carbocycles. The van der Waals surface area contributed by atoms with E-state index in [1.807, 2.05) is 18.0 Å². The lowest BCUT2D eigenvalue weighted by Gasteiger charge is -2.36. The number of hydrogen-bond donors (Lipinski definition) is 0. The second kappa shape index (κ2) is 6.69. The molecule has 1 unspecified atom stereocenters. The van der Waals surface area contributed by atoms with Crippen LogP contribution < -0.4 is 0 Å². The molecule has 2 fully saturated rings. The summed E-state index contributed by atoms with van der Waals surface area (Å²) >= 11 is 0. The van der Waals surface area contributed by atoms with Gasteiger partial charge in [0, 0.05) is 57.0 Å². The van der Waals surface area contributed by atoms with Gasteiger partial charge in [-0.3, -0.25) is 24.1 Å². The van der Waals surface area contributed by atoms with E-state index in [0.29, 0.717) is 13.0 Å². The Morgan fingerprint density at radius 1 is 1.32 bits per heavy atom. The summed E-state index contributed by atoms with van der Waals surface area (Å²) in [5, 5.41) is 0. The lowest BCUT2D eigenvalue weighted by molar-refractivity contribution is -0.130. The van der Waals surface area contributed by atoms with Gasteiger partial charge >= 0.3 is 0 Å². The van der Waals surface area contributed by atoms with Crippen molar-refractivity contribution in [3.8, 4) is 0 Å². The molecule has 6 heteroatoms. The molecule has 1 atom stereocenters. The first-order valence-corrected chi connectivity index (χ1v) is 8.01. The number of likely N-dealkylation sites (tertiary alicyclic amines) is 2. The molecule has 0 aromatic carbocycles. The van der Waals surface area contributed by atoms with E-state index in [4.69, 9.17) is 0 Å². The standard InChI is InChI=1S/C16H23FN4O/c1-12-8-18-9-14(19-12)11-20-4-2-15(3-5-20)21-10-13(7-17)6-16(21)22/h8-9,13,15H,2-7,10-11H2,1H3. The summed E-state index contributed by atoms with van der Waals surface area (Å²) in [6.45, 7) is 4.87. The van der Waals surface area contributed by atoms with Gasteiger partial charge in [-0.25, -0.2) is 0 Å². The number of amides is 1. The van der Waals surface area contributed by atoms with E-state index in [-0.39, 0.29) is 24.5 Å². The zero-order valence-electron chi connectivity index (χ0n) is 13.0. The number of aromatic nitrogens is 2. The van der Waals surface area contributed by atoms with E-state index in [1.54, 1.807) is 6.20 Å². The van der Waals surface area contributed by atoms with Crippen molar-refractivity contribution in [3.63, 3.8) is 0 Å². The fourth-order valence-corrected chi connectivity index (χ4v) is 3.47. The Kier molecular flexibility index (Phi) is 4.66. The highest BCUT2D eigenvalue weighted by Crippen LogP contribution is 2.26. The van der Waals surface area contributed by atoms with Gasteiger partial charge in [0.2, 0.25) is 5.91 Å². The Morgan fingerprint density at radius 2 is 2.09 bits per heavy atom. The first-order chi connectivity index (χ1) is 10.7. The number of carbonyl (C=O) groups excluding carboxylic acids is 1. The summed E-state index contributed by atoms with van der Waals surface area (Å²) in [5.74, 6) is 0.0405. The van der Waals surface area contributed by atoms with E-state index < -0.39 is 0 Å². The minimum atomic E-state index is -0.382. The lowest BCUT2D eigenvalue weighted by atomic mass is 10.0. The highest BCUT2D eigenvalue weighted by Gasteiger charge is 2.35. The van der Waals surface area contributed by atoms with Gasteiger partial charge in [0.1, 0.15) is 0 Å². The van der Waals surface area contributed by atoms with Crippen molar-refractivity contribution in [2.75, 3.05) is 26.3 Å². The van der Waals surface area contributed by atoms with Crippen molar-refractivity contribution in [2.45, 2.75) is 38.8 Å². The number of rotatable bonds is 4. The number of aryl methyl sites for hydroxylation is 1. The molecule has 1 aromatic rings. The van der Waals surface area contributed by atoms with Gasteiger partial charge in [0.25, 0.3) is 0 Å². The molecule has 2 saturated heterocycles. The molecule has 5 nitrogen and oxygen atoms in total. The Bertz CT molecular complexity index is 531. The monoisotopic (exact) mass is 306 g/mol. The maximum Gasteiger partial charge on any atom is 0.223 e. The second-order valence-electron chi connectivity index (χ2n) is 6.43. The van der Waals surface area contributed by atoms with Crippen LogP contribution in [0, 0.1) is 12.8 Å². The molecule has 2 aliphatic rings. The summed E-state index contributed by atoms with van der Waals surface area (Å²) < 4.78 is 12.7. The summed E-state index contributed by atoms with van der Waals surface area (Å²) in [6, 6.07) is 0.281. The molecule has 3 rings (SSSR count). The topological polar surface area (TPSA) is 49.3 Å². The summed E-state index contributed by atoms with van der Waals surface area (Å²) in [5.41, 5.74) is 1.93. The number of piperidine rings is 1. The molecule has 0 N–H and O–H groups in total. The van der Waals surface area contributed by atoms with Crippen LogP contribution >= 0.6 is 0 Å². The van der Waals surface area contributed by atoms with E-state index in [0.717, 1.165) is 43.9 Å². The third-order valence-corrected chi connectivity index (χ3v) is 4.65. The van der Waals surface area contributed by atoms with Crippen molar-refractivity contribution in [1.82, 2.24) is 19.8 Å². The van der Waals surface area contributed by atoms with Crippen molar-refractivity contribution >= 4 is 5.91 Å².